The van der Waals surface area contributed by atoms with Crippen LogP contribution in [0.4, 0.5) is 11.4 Å². The fraction of sp³-hybridized carbons (Fsp3) is 0.308. The van der Waals surface area contributed by atoms with Gasteiger partial charge in [0.2, 0.25) is 5.91 Å². The highest BCUT2D eigenvalue weighted by atomic mass is 16.2. The normalized spacial score (nSPS) is 14.2. The first-order valence-corrected chi connectivity index (χ1v) is 5.55. The molecule has 0 bridgehead atoms. The zero-order valence-electron chi connectivity index (χ0n) is 9.20. The second-order valence-corrected chi connectivity index (χ2v) is 4.01. The molecule has 1 aliphatic rings. The molecule has 0 heterocycles. The maximum atomic E-state index is 11.5. The van der Waals surface area contributed by atoms with Gasteiger partial charge in [-0.1, -0.05) is 6.08 Å². The largest absolute Gasteiger partial charge is 0.382 e. The van der Waals surface area contributed by atoms with Gasteiger partial charge >= 0.3 is 0 Å². The van der Waals surface area contributed by atoms with Crippen LogP contribution in [0.5, 0.6) is 0 Å². The van der Waals surface area contributed by atoms with Crippen molar-refractivity contribution < 1.29 is 4.79 Å². The van der Waals surface area contributed by atoms with Crippen LogP contribution in [0.3, 0.4) is 0 Å². The molecule has 0 aromatic heterocycles. The highest BCUT2D eigenvalue weighted by molar-refractivity contribution is 5.94. The van der Waals surface area contributed by atoms with Crippen molar-refractivity contribution in [1.82, 2.24) is 0 Å². The molecule has 1 saturated carbocycles. The van der Waals surface area contributed by atoms with Gasteiger partial charge in [0.05, 0.1) is 0 Å². The van der Waals surface area contributed by atoms with E-state index in [2.05, 4.69) is 17.2 Å². The Balaban J connectivity index is 1.90. The average molecular weight is 216 g/mol. The fourth-order valence-electron chi connectivity index (χ4n) is 1.45. The van der Waals surface area contributed by atoms with Gasteiger partial charge in [-0.05, 0) is 37.1 Å². The average Bonchev–Trinajstić information content (AvgIpc) is 3.12. The molecule has 2 N–H and O–H groups in total. The predicted octanol–water partition coefficient (Wildman–Crippen LogP) is 2.63. The summed E-state index contributed by atoms with van der Waals surface area (Å²) in [6, 6.07) is 7.72. The zero-order chi connectivity index (χ0) is 11.4. The maximum Gasteiger partial charge on any atom is 0.227 e. The van der Waals surface area contributed by atoms with Crippen LogP contribution in [0.2, 0.25) is 0 Å². The molecule has 0 saturated heterocycles. The van der Waals surface area contributed by atoms with Gasteiger partial charge in [-0.25, -0.2) is 0 Å². The van der Waals surface area contributed by atoms with Crippen LogP contribution < -0.4 is 10.6 Å². The first-order chi connectivity index (χ1) is 7.79. The molecule has 1 aliphatic carbocycles. The number of hydrogen-bond donors (Lipinski definition) is 2. The van der Waals surface area contributed by atoms with Crippen LogP contribution in [0.25, 0.3) is 0 Å². The third kappa shape index (κ3) is 2.86. The molecular weight excluding hydrogens is 200 g/mol. The van der Waals surface area contributed by atoms with E-state index in [1.165, 1.54) is 0 Å². The summed E-state index contributed by atoms with van der Waals surface area (Å²) < 4.78 is 0. The number of carbonyl (C=O) groups is 1. The van der Waals surface area contributed by atoms with Gasteiger partial charge in [-0.15, -0.1) is 6.58 Å². The molecule has 2 rings (SSSR count). The third-order valence-corrected chi connectivity index (χ3v) is 2.55. The van der Waals surface area contributed by atoms with Crippen LogP contribution >= 0.6 is 0 Å². The monoisotopic (exact) mass is 216 g/mol. The number of anilines is 2. The molecule has 1 aromatic rings. The van der Waals surface area contributed by atoms with Crippen LogP contribution in [0.1, 0.15) is 12.8 Å². The van der Waals surface area contributed by atoms with E-state index in [0.717, 1.165) is 30.8 Å². The first kappa shape index (κ1) is 10.7. The van der Waals surface area contributed by atoms with E-state index >= 15 is 0 Å². The molecule has 0 atom stereocenters. The Hall–Kier alpha value is -1.77. The number of carbonyl (C=O) groups excluding carboxylic acids is 1. The van der Waals surface area contributed by atoms with E-state index in [-0.39, 0.29) is 11.8 Å². The summed E-state index contributed by atoms with van der Waals surface area (Å²) in [5.74, 6) is 0.394. The van der Waals surface area contributed by atoms with Crippen LogP contribution in [-0.4, -0.2) is 12.5 Å². The Morgan fingerprint density at radius 2 is 1.94 bits per heavy atom. The highest BCUT2D eigenvalue weighted by Crippen LogP contribution is 2.30. The van der Waals surface area contributed by atoms with Crippen molar-refractivity contribution in [3.63, 3.8) is 0 Å². The molecule has 0 aliphatic heterocycles. The van der Waals surface area contributed by atoms with E-state index in [1.807, 2.05) is 30.3 Å². The Labute approximate surface area is 95.6 Å². The van der Waals surface area contributed by atoms with Crippen LogP contribution in [0, 0.1) is 5.92 Å². The third-order valence-electron chi connectivity index (χ3n) is 2.55. The van der Waals surface area contributed by atoms with Gasteiger partial charge < -0.3 is 10.6 Å². The topological polar surface area (TPSA) is 41.1 Å². The molecule has 1 amide bonds. The van der Waals surface area contributed by atoms with E-state index in [0.29, 0.717) is 0 Å². The van der Waals surface area contributed by atoms with Crippen molar-refractivity contribution in [2.45, 2.75) is 12.8 Å². The van der Waals surface area contributed by atoms with Gasteiger partial charge in [0.25, 0.3) is 0 Å². The smallest absolute Gasteiger partial charge is 0.227 e. The van der Waals surface area contributed by atoms with E-state index in [9.17, 15) is 4.79 Å². The van der Waals surface area contributed by atoms with Crippen molar-refractivity contribution >= 4 is 17.3 Å². The summed E-state index contributed by atoms with van der Waals surface area (Å²) in [5, 5.41) is 6.08. The lowest BCUT2D eigenvalue weighted by atomic mass is 10.2. The minimum atomic E-state index is 0.145. The van der Waals surface area contributed by atoms with Crippen molar-refractivity contribution in [3.05, 3.63) is 36.9 Å². The van der Waals surface area contributed by atoms with Gasteiger partial charge in [0.1, 0.15) is 0 Å². The van der Waals surface area contributed by atoms with E-state index < -0.39 is 0 Å². The molecule has 84 valence electrons. The number of amides is 1. The summed E-state index contributed by atoms with van der Waals surface area (Å²) >= 11 is 0. The quantitative estimate of drug-likeness (QED) is 0.743. The lowest BCUT2D eigenvalue weighted by Crippen LogP contribution is -2.13. The van der Waals surface area contributed by atoms with Crippen LogP contribution in [0.15, 0.2) is 36.9 Å². The van der Waals surface area contributed by atoms with Gasteiger partial charge in [-0.2, -0.15) is 0 Å². The first-order valence-electron chi connectivity index (χ1n) is 5.55. The Kier molecular flexibility index (Phi) is 3.25. The molecule has 16 heavy (non-hydrogen) atoms. The second-order valence-electron chi connectivity index (χ2n) is 4.01. The second kappa shape index (κ2) is 4.84. The lowest BCUT2D eigenvalue weighted by molar-refractivity contribution is -0.117. The Bertz CT molecular complexity index is 379. The lowest BCUT2D eigenvalue weighted by Gasteiger charge is -2.06. The Morgan fingerprint density at radius 3 is 2.50 bits per heavy atom. The molecule has 1 fully saturated rings. The van der Waals surface area contributed by atoms with Crippen LogP contribution in [-0.2, 0) is 4.79 Å². The summed E-state index contributed by atoms with van der Waals surface area (Å²) in [4.78, 5) is 11.5. The highest BCUT2D eigenvalue weighted by Gasteiger charge is 2.29. The summed E-state index contributed by atoms with van der Waals surface area (Å²) in [6.45, 7) is 4.38. The number of hydrogen-bond acceptors (Lipinski definition) is 2. The predicted molar refractivity (Wildman–Crippen MR) is 66.5 cm³/mol. The summed E-state index contributed by atoms with van der Waals surface area (Å²) in [7, 11) is 0. The molecule has 3 heteroatoms. The fourth-order valence-corrected chi connectivity index (χ4v) is 1.45. The zero-order valence-corrected chi connectivity index (χ0v) is 9.20. The van der Waals surface area contributed by atoms with Gasteiger partial charge in [0.15, 0.2) is 0 Å². The Morgan fingerprint density at radius 1 is 1.31 bits per heavy atom. The van der Waals surface area contributed by atoms with E-state index in [4.69, 9.17) is 0 Å². The van der Waals surface area contributed by atoms with Crippen molar-refractivity contribution in [2.75, 3.05) is 17.2 Å². The van der Waals surface area contributed by atoms with Crippen molar-refractivity contribution in [1.29, 1.82) is 0 Å². The number of nitrogens with one attached hydrogen (secondary N) is 2. The molecule has 0 unspecified atom stereocenters. The number of rotatable bonds is 5. The minimum absolute atomic E-state index is 0.145. The molecular formula is C13H16N2O. The summed E-state index contributed by atoms with van der Waals surface area (Å²) in [5.41, 5.74) is 1.89. The minimum Gasteiger partial charge on any atom is -0.382 e. The molecule has 0 spiro atoms. The standard InChI is InChI=1S/C13H16N2O/c1-2-9-14-11-5-7-12(8-6-11)15-13(16)10-3-4-10/h2,5-8,10,14H,1,3-4,9H2,(H,15,16). The number of benzene rings is 1. The van der Waals surface area contributed by atoms with Gasteiger partial charge in [-0.3, -0.25) is 4.79 Å². The maximum absolute atomic E-state index is 11.5. The van der Waals surface area contributed by atoms with Gasteiger partial charge in [0, 0.05) is 23.8 Å². The molecule has 0 radical (unpaired) electrons. The van der Waals surface area contributed by atoms with E-state index in [1.54, 1.807) is 0 Å². The van der Waals surface area contributed by atoms with Crippen molar-refractivity contribution in [3.8, 4) is 0 Å². The summed E-state index contributed by atoms with van der Waals surface area (Å²) in [6.07, 6.45) is 3.87. The molecule has 1 aromatic carbocycles. The van der Waals surface area contributed by atoms with Crippen molar-refractivity contribution in [2.24, 2.45) is 5.92 Å². The molecule has 3 nitrogen and oxygen atoms in total. The SMILES string of the molecule is C=CCNc1ccc(NC(=O)C2CC2)cc1.